The molecule has 0 aromatic heterocycles. The van der Waals surface area contributed by atoms with Gasteiger partial charge in [-0.2, -0.15) is 0 Å². The molecule has 0 atom stereocenters. The van der Waals surface area contributed by atoms with Crippen LogP contribution in [0.3, 0.4) is 0 Å². The number of rotatable bonds is 2. The normalized spacial score (nSPS) is 11.2. The Hall–Kier alpha value is -1.86. The molecule has 0 amide bonds. The smallest absolute Gasteiger partial charge is 0.299 e. The average Bonchev–Trinajstić information content (AvgIpc) is 2.28. The van der Waals surface area contributed by atoms with Gasteiger partial charge >= 0.3 is 5.88 Å². The first-order valence-electron chi connectivity index (χ1n) is 4.68. The van der Waals surface area contributed by atoms with Crippen LogP contribution in [0.15, 0.2) is 47.4 Å². The van der Waals surface area contributed by atoms with Crippen molar-refractivity contribution in [1.29, 1.82) is 0 Å². The Morgan fingerprint density at radius 1 is 1.06 bits per heavy atom. The van der Waals surface area contributed by atoms with Crippen LogP contribution in [0.25, 0.3) is 15.6 Å². The summed E-state index contributed by atoms with van der Waals surface area (Å²) in [5.41, 5.74) is 0. The van der Waals surface area contributed by atoms with Crippen molar-refractivity contribution in [2.75, 3.05) is 5.88 Å². The molecule has 0 unspecified atom stereocenters. The Balaban J connectivity index is 2.61. The minimum absolute atomic E-state index is 0.210. The van der Waals surface area contributed by atoms with Gasteiger partial charge in [0.15, 0.2) is 0 Å². The van der Waals surface area contributed by atoms with Gasteiger partial charge in [-0.3, -0.25) is 4.85 Å². The number of nitrogens with zero attached hydrogens (tertiary/aromatic N) is 1. The van der Waals surface area contributed by atoms with Crippen LogP contribution in [0, 0.1) is 6.57 Å². The van der Waals surface area contributed by atoms with Gasteiger partial charge in [0, 0.05) is 0 Å². The number of hydrogen-bond acceptors (Lipinski definition) is 2. The zero-order valence-corrected chi connectivity index (χ0v) is 9.24. The standard InChI is InChI=1S/C12H9NO2S/c1-13-9-16(14,15)12-7-6-10-4-2-3-5-11(10)8-12/h2-8H,9H2. The van der Waals surface area contributed by atoms with Crippen LogP contribution in [0.2, 0.25) is 0 Å². The predicted molar refractivity (Wildman–Crippen MR) is 62.6 cm³/mol. The molecule has 80 valence electrons. The second-order valence-corrected chi connectivity index (χ2v) is 5.37. The van der Waals surface area contributed by atoms with Crippen LogP contribution in [-0.4, -0.2) is 14.3 Å². The van der Waals surface area contributed by atoms with E-state index in [-0.39, 0.29) is 4.90 Å². The fraction of sp³-hybridized carbons (Fsp3) is 0.0833. The molecule has 3 nitrogen and oxygen atoms in total. The summed E-state index contributed by atoms with van der Waals surface area (Å²) in [6, 6.07) is 12.4. The number of sulfone groups is 1. The maximum atomic E-state index is 11.7. The highest BCUT2D eigenvalue weighted by Crippen LogP contribution is 2.19. The van der Waals surface area contributed by atoms with E-state index >= 15 is 0 Å². The predicted octanol–water partition coefficient (Wildman–Crippen LogP) is 2.49. The second kappa shape index (κ2) is 3.95. The van der Waals surface area contributed by atoms with Gasteiger partial charge in [-0.05, 0) is 22.9 Å². The molecule has 2 aromatic carbocycles. The van der Waals surface area contributed by atoms with Crippen LogP contribution in [0.4, 0.5) is 0 Å². The zero-order valence-electron chi connectivity index (χ0n) is 8.42. The van der Waals surface area contributed by atoms with Gasteiger partial charge < -0.3 is 0 Å². The van der Waals surface area contributed by atoms with E-state index in [1.807, 2.05) is 24.3 Å². The summed E-state index contributed by atoms with van der Waals surface area (Å²) in [5, 5.41) is 1.86. The van der Waals surface area contributed by atoms with Gasteiger partial charge in [-0.15, -0.1) is 0 Å². The lowest BCUT2D eigenvalue weighted by Gasteiger charge is -2.01. The quantitative estimate of drug-likeness (QED) is 0.745. The molecule has 0 heterocycles. The van der Waals surface area contributed by atoms with E-state index in [1.165, 1.54) is 0 Å². The summed E-state index contributed by atoms with van der Waals surface area (Å²) in [6.45, 7) is 6.62. The van der Waals surface area contributed by atoms with Crippen molar-refractivity contribution in [1.82, 2.24) is 0 Å². The highest BCUT2D eigenvalue weighted by molar-refractivity contribution is 7.91. The fourth-order valence-corrected chi connectivity index (χ4v) is 2.42. The maximum absolute atomic E-state index is 11.7. The fourth-order valence-electron chi connectivity index (χ4n) is 1.52. The van der Waals surface area contributed by atoms with E-state index in [4.69, 9.17) is 6.57 Å². The van der Waals surface area contributed by atoms with E-state index < -0.39 is 15.7 Å². The van der Waals surface area contributed by atoms with Crippen molar-refractivity contribution in [3.05, 3.63) is 53.9 Å². The van der Waals surface area contributed by atoms with Crippen molar-refractivity contribution in [2.45, 2.75) is 4.90 Å². The molecular weight excluding hydrogens is 222 g/mol. The number of benzene rings is 2. The molecule has 0 aliphatic carbocycles. The molecule has 0 radical (unpaired) electrons. The van der Waals surface area contributed by atoms with Gasteiger partial charge in [-0.25, -0.2) is 15.0 Å². The second-order valence-electron chi connectivity index (χ2n) is 3.41. The molecule has 0 saturated heterocycles. The Labute approximate surface area is 94.1 Å². The van der Waals surface area contributed by atoms with E-state index in [9.17, 15) is 8.42 Å². The van der Waals surface area contributed by atoms with Crippen LogP contribution in [-0.2, 0) is 9.84 Å². The summed E-state index contributed by atoms with van der Waals surface area (Å²) in [6.07, 6.45) is 0. The van der Waals surface area contributed by atoms with Gasteiger partial charge in [0.05, 0.1) is 4.90 Å². The average molecular weight is 231 g/mol. The molecule has 0 spiro atoms. The van der Waals surface area contributed by atoms with Gasteiger partial charge in [0.1, 0.15) is 0 Å². The summed E-state index contributed by atoms with van der Waals surface area (Å²) in [4.78, 5) is 3.14. The minimum Gasteiger partial charge on any atom is -0.299 e. The topological polar surface area (TPSA) is 38.5 Å². The minimum atomic E-state index is -3.46. The Kier molecular flexibility index (Phi) is 2.63. The third-order valence-corrected chi connectivity index (χ3v) is 3.76. The Morgan fingerprint density at radius 3 is 2.44 bits per heavy atom. The molecule has 0 N–H and O–H groups in total. The molecule has 0 fully saturated rings. The third-order valence-electron chi connectivity index (χ3n) is 2.31. The first kappa shape index (κ1) is 10.7. The Morgan fingerprint density at radius 2 is 1.75 bits per heavy atom. The molecule has 4 heteroatoms. The molecule has 2 aromatic rings. The van der Waals surface area contributed by atoms with Crippen LogP contribution < -0.4 is 0 Å². The molecular formula is C12H9NO2S. The van der Waals surface area contributed by atoms with Crippen LogP contribution in [0.5, 0.6) is 0 Å². The van der Waals surface area contributed by atoms with Crippen molar-refractivity contribution in [3.63, 3.8) is 0 Å². The van der Waals surface area contributed by atoms with Gasteiger partial charge in [0.25, 0.3) is 9.84 Å². The van der Waals surface area contributed by atoms with Crippen LogP contribution in [0.1, 0.15) is 0 Å². The third kappa shape index (κ3) is 1.90. The van der Waals surface area contributed by atoms with Crippen LogP contribution >= 0.6 is 0 Å². The number of hydrogen-bond donors (Lipinski definition) is 0. The highest BCUT2D eigenvalue weighted by Gasteiger charge is 2.17. The monoisotopic (exact) mass is 231 g/mol. The molecule has 2 rings (SSSR count). The first-order chi connectivity index (χ1) is 7.63. The lowest BCUT2D eigenvalue weighted by molar-refractivity contribution is 0.599. The van der Waals surface area contributed by atoms with E-state index in [0.29, 0.717) is 0 Å². The molecule has 0 aliphatic rings. The largest absolute Gasteiger partial charge is 0.316 e. The summed E-state index contributed by atoms with van der Waals surface area (Å²) < 4.78 is 23.3. The first-order valence-corrected chi connectivity index (χ1v) is 6.33. The van der Waals surface area contributed by atoms with E-state index in [0.717, 1.165) is 10.8 Å². The van der Waals surface area contributed by atoms with Crippen molar-refractivity contribution in [3.8, 4) is 0 Å². The molecule has 0 aliphatic heterocycles. The zero-order chi connectivity index (χ0) is 11.6. The summed E-state index contributed by atoms with van der Waals surface area (Å²) in [7, 11) is -3.46. The van der Waals surface area contributed by atoms with E-state index in [2.05, 4.69) is 4.85 Å². The summed E-state index contributed by atoms with van der Waals surface area (Å²) >= 11 is 0. The SMILES string of the molecule is [C-]#[N+]CS(=O)(=O)c1ccc2ccccc2c1. The van der Waals surface area contributed by atoms with E-state index in [1.54, 1.807) is 18.2 Å². The number of fused-ring (bicyclic) bond motifs is 1. The van der Waals surface area contributed by atoms with Gasteiger partial charge in [-0.1, -0.05) is 30.3 Å². The summed E-state index contributed by atoms with van der Waals surface area (Å²) in [5.74, 6) is -0.495. The molecule has 0 bridgehead atoms. The lowest BCUT2D eigenvalue weighted by Crippen LogP contribution is -2.03. The van der Waals surface area contributed by atoms with Crippen molar-refractivity contribution >= 4 is 20.6 Å². The van der Waals surface area contributed by atoms with Crippen molar-refractivity contribution < 1.29 is 8.42 Å². The van der Waals surface area contributed by atoms with Crippen molar-refractivity contribution in [2.24, 2.45) is 0 Å². The van der Waals surface area contributed by atoms with Gasteiger partial charge in [0.2, 0.25) is 0 Å². The maximum Gasteiger partial charge on any atom is 0.316 e. The molecule has 16 heavy (non-hydrogen) atoms. The Bertz CT molecular complexity index is 669. The molecule has 0 saturated carbocycles. The lowest BCUT2D eigenvalue weighted by atomic mass is 10.1. The highest BCUT2D eigenvalue weighted by atomic mass is 32.2.